The van der Waals surface area contributed by atoms with Gasteiger partial charge in [0.25, 0.3) is 11.1 Å². The van der Waals surface area contributed by atoms with Crippen LogP contribution in [0.1, 0.15) is 59.9 Å². The van der Waals surface area contributed by atoms with E-state index in [-0.39, 0.29) is 5.91 Å². The molecule has 0 radical (unpaired) electrons. The number of hydrogen-bond donors (Lipinski definition) is 1. The van der Waals surface area contributed by atoms with Crippen molar-refractivity contribution < 1.29 is 14.3 Å². The lowest BCUT2D eigenvalue weighted by Crippen LogP contribution is -2.39. The summed E-state index contributed by atoms with van der Waals surface area (Å²) in [6.45, 7) is 7.11. The number of piperidine rings is 1. The Hall–Kier alpha value is -2.97. The fourth-order valence-electron chi connectivity index (χ4n) is 4.34. The molecule has 1 aromatic heterocycles. The van der Waals surface area contributed by atoms with Crippen molar-refractivity contribution in [3.63, 3.8) is 0 Å². The fraction of sp³-hybridized carbons (Fsp3) is 0.444. The van der Waals surface area contributed by atoms with Crippen LogP contribution < -0.4 is 14.8 Å². The monoisotopic (exact) mass is 494 g/mol. The average Bonchev–Trinajstić information content (AvgIpc) is 3.30. The summed E-state index contributed by atoms with van der Waals surface area (Å²) < 4.78 is 15.7. The number of methoxy groups -OCH3 is 1. The lowest BCUT2D eigenvalue weighted by molar-refractivity contribution is 0.0948. The third-order valence-corrected chi connectivity index (χ3v) is 7.07. The van der Waals surface area contributed by atoms with Gasteiger partial charge in [0.15, 0.2) is 5.82 Å². The first-order chi connectivity index (χ1) is 17.0. The second-order valence-corrected chi connectivity index (χ2v) is 9.79. The SMILES string of the molecule is COc1cccc(Cc2nsc(Oc3cc(C(=O)NCCCN4CCCCC4C)ccc3C)n2)c1. The predicted molar refractivity (Wildman–Crippen MR) is 139 cm³/mol. The second kappa shape index (κ2) is 12.1. The van der Waals surface area contributed by atoms with Gasteiger partial charge in [0.05, 0.1) is 7.11 Å². The van der Waals surface area contributed by atoms with Crippen molar-refractivity contribution >= 4 is 17.4 Å². The molecule has 186 valence electrons. The highest BCUT2D eigenvalue weighted by Gasteiger charge is 2.17. The first-order valence-electron chi connectivity index (χ1n) is 12.3. The number of benzene rings is 2. The zero-order valence-electron chi connectivity index (χ0n) is 20.8. The van der Waals surface area contributed by atoms with E-state index in [1.807, 2.05) is 43.3 Å². The molecule has 1 aliphatic rings. The molecular formula is C27H34N4O3S. The van der Waals surface area contributed by atoms with Gasteiger partial charge in [-0.1, -0.05) is 24.6 Å². The number of aromatic nitrogens is 2. The topological polar surface area (TPSA) is 76.6 Å². The van der Waals surface area contributed by atoms with Crippen LogP contribution >= 0.6 is 11.5 Å². The van der Waals surface area contributed by atoms with Gasteiger partial charge in [0.2, 0.25) is 0 Å². The molecule has 1 atom stereocenters. The first kappa shape index (κ1) is 25.1. The molecular weight excluding hydrogens is 460 g/mol. The number of hydrogen-bond acceptors (Lipinski definition) is 7. The molecule has 4 rings (SSSR count). The Morgan fingerprint density at radius 3 is 2.94 bits per heavy atom. The van der Waals surface area contributed by atoms with Crippen molar-refractivity contribution in [2.75, 3.05) is 26.7 Å². The molecule has 0 bridgehead atoms. The van der Waals surface area contributed by atoms with E-state index in [0.29, 0.717) is 41.3 Å². The highest BCUT2D eigenvalue weighted by atomic mass is 32.1. The largest absolute Gasteiger partial charge is 0.497 e. The molecule has 2 heterocycles. The van der Waals surface area contributed by atoms with Crippen molar-refractivity contribution in [3.8, 4) is 16.7 Å². The van der Waals surface area contributed by atoms with E-state index in [0.717, 1.165) is 29.8 Å². The standard InChI is InChI=1S/C27H34N4O3S/c1-19-11-12-22(26(32)28-13-7-15-31-14-5-4-8-20(31)2)18-24(19)34-27-29-25(30-35-27)17-21-9-6-10-23(16-21)33-3/h6,9-12,16,18,20H,4-5,7-8,13-15,17H2,1-3H3,(H,28,32). The third kappa shape index (κ3) is 7.02. The van der Waals surface area contributed by atoms with Crippen LogP contribution in [0.4, 0.5) is 0 Å². The van der Waals surface area contributed by atoms with Gasteiger partial charge in [-0.3, -0.25) is 4.79 Å². The summed E-state index contributed by atoms with van der Waals surface area (Å²) in [5, 5.41) is 3.51. The summed E-state index contributed by atoms with van der Waals surface area (Å²) in [5.41, 5.74) is 2.58. The number of ether oxygens (including phenoxy) is 2. The fourth-order valence-corrected chi connectivity index (χ4v) is 4.90. The van der Waals surface area contributed by atoms with E-state index < -0.39 is 0 Å². The molecule has 1 saturated heterocycles. The summed E-state index contributed by atoms with van der Waals surface area (Å²) in [5.74, 6) is 2.02. The van der Waals surface area contributed by atoms with E-state index in [4.69, 9.17) is 9.47 Å². The normalized spacial score (nSPS) is 16.1. The number of amides is 1. The average molecular weight is 495 g/mol. The molecule has 0 saturated carbocycles. The van der Waals surface area contributed by atoms with E-state index in [2.05, 4.69) is 26.5 Å². The Morgan fingerprint density at radius 1 is 1.23 bits per heavy atom. The Morgan fingerprint density at radius 2 is 2.11 bits per heavy atom. The lowest BCUT2D eigenvalue weighted by Gasteiger charge is -2.33. The van der Waals surface area contributed by atoms with Crippen molar-refractivity contribution in [3.05, 3.63) is 65.0 Å². The van der Waals surface area contributed by atoms with Crippen LogP contribution in [0.3, 0.4) is 0 Å². The Balaban J connectivity index is 1.31. The molecule has 35 heavy (non-hydrogen) atoms. The van der Waals surface area contributed by atoms with E-state index >= 15 is 0 Å². The van der Waals surface area contributed by atoms with Crippen molar-refractivity contribution in [2.24, 2.45) is 0 Å². The Labute approximate surface area is 211 Å². The zero-order valence-corrected chi connectivity index (χ0v) is 21.6. The van der Waals surface area contributed by atoms with Gasteiger partial charge in [-0.2, -0.15) is 9.36 Å². The maximum absolute atomic E-state index is 12.7. The number of carbonyl (C=O) groups excluding carboxylic acids is 1. The maximum atomic E-state index is 12.7. The smallest absolute Gasteiger partial charge is 0.298 e. The molecule has 1 N–H and O–H groups in total. The molecule has 0 spiro atoms. The van der Waals surface area contributed by atoms with E-state index in [9.17, 15) is 4.79 Å². The molecule has 3 aromatic rings. The minimum absolute atomic E-state index is 0.0856. The van der Waals surface area contributed by atoms with Crippen LogP contribution in [0.5, 0.6) is 16.7 Å². The van der Waals surface area contributed by atoms with Gasteiger partial charge in [-0.25, -0.2) is 0 Å². The van der Waals surface area contributed by atoms with Gasteiger partial charge < -0.3 is 19.7 Å². The number of nitrogens with zero attached hydrogens (tertiary/aromatic N) is 3. The first-order valence-corrected chi connectivity index (χ1v) is 13.1. The molecule has 1 fully saturated rings. The number of likely N-dealkylation sites (tertiary alicyclic amines) is 1. The summed E-state index contributed by atoms with van der Waals surface area (Å²) in [6.07, 6.45) is 5.42. The Kier molecular flexibility index (Phi) is 8.71. The maximum Gasteiger partial charge on any atom is 0.298 e. The predicted octanol–water partition coefficient (Wildman–Crippen LogP) is 5.23. The van der Waals surface area contributed by atoms with Gasteiger partial charge in [-0.05, 0) is 75.0 Å². The van der Waals surface area contributed by atoms with Gasteiger partial charge >= 0.3 is 0 Å². The quantitative estimate of drug-likeness (QED) is 0.389. The summed E-state index contributed by atoms with van der Waals surface area (Å²) in [6, 6.07) is 14.0. The molecule has 1 unspecified atom stereocenters. The summed E-state index contributed by atoms with van der Waals surface area (Å²) >= 11 is 1.21. The van der Waals surface area contributed by atoms with Crippen molar-refractivity contribution in [1.82, 2.24) is 19.6 Å². The zero-order chi connectivity index (χ0) is 24.6. The molecule has 8 heteroatoms. The summed E-state index contributed by atoms with van der Waals surface area (Å²) in [7, 11) is 1.65. The van der Waals surface area contributed by atoms with Gasteiger partial charge in [0.1, 0.15) is 11.5 Å². The second-order valence-electron chi connectivity index (χ2n) is 9.08. The number of carbonyl (C=O) groups is 1. The Bertz CT molecular complexity index is 1130. The van der Waals surface area contributed by atoms with E-state index in [1.54, 1.807) is 13.2 Å². The molecule has 2 aromatic carbocycles. The number of nitrogens with one attached hydrogen (secondary N) is 1. The lowest BCUT2D eigenvalue weighted by atomic mass is 10.0. The van der Waals surface area contributed by atoms with Crippen molar-refractivity contribution in [2.45, 2.75) is 52.0 Å². The minimum Gasteiger partial charge on any atom is -0.497 e. The van der Waals surface area contributed by atoms with Crippen LogP contribution in [-0.2, 0) is 6.42 Å². The van der Waals surface area contributed by atoms with Crippen LogP contribution in [0.15, 0.2) is 42.5 Å². The number of rotatable bonds is 10. The highest BCUT2D eigenvalue weighted by Crippen LogP contribution is 2.28. The van der Waals surface area contributed by atoms with Crippen LogP contribution in [0, 0.1) is 6.92 Å². The molecule has 1 aliphatic heterocycles. The molecule has 0 aliphatic carbocycles. The highest BCUT2D eigenvalue weighted by molar-refractivity contribution is 7.07. The molecule has 7 nitrogen and oxygen atoms in total. The minimum atomic E-state index is -0.0856. The van der Waals surface area contributed by atoms with Crippen LogP contribution in [0.25, 0.3) is 0 Å². The van der Waals surface area contributed by atoms with Gasteiger partial charge in [-0.15, -0.1) is 0 Å². The van der Waals surface area contributed by atoms with Crippen molar-refractivity contribution in [1.29, 1.82) is 0 Å². The molecule has 1 amide bonds. The third-order valence-electron chi connectivity index (χ3n) is 6.44. The summed E-state index contributed by atoms with van der Waals surface area (Å²) in [4.78, 5) is 19.8. The van der Waals surface area contributed by atoms with E-state index in [1.165, 1.54) is 37.3 Å². The van der Waals surface area contributed by atoms with Crippen LogP contribution in [-0.4, -0.2) is 53.0 Å². The number of aryl methyl sites for hydroxylation is 1. The van der Waals surface area contributed by atoms with Gasteiger partial charge in [0, 0.05) is 42.6 Å². The van der Waals surface area contributed by atoms with Crippen LogP contribution in [0.2, 0.25) is 0 Å².